The van der Waals surface area contributed by atoms with Gasteiger partial charge in [-0.1, -0.05) is 32.1 Å². The van der Waals surface area contributed by atoms with Crippen molar-refractivity contribution in [3.63, 3.8) is 0 Å². The first kappa shape index (κ1) is 14.1. The van der Waals surface area contributed by atoms with E-state index in [0.717, 1.165) is 17.8 Å². The minimum atomic E-state index is -3.44. The second kappa shape index (κ2) is 5.47. The van der Waals surface area contributed by atoms with E-state index in [0.29, 0.717) is 16.7 Å². The molecule has 1 N–H and O–H groups in total. The summed E-state index contributed by atoms with van der Waals surface area (Å²) in [4.78, 5) is 0.435. The van der Waals surface area contributed by atoms with Crippen LogP contribution in [0, 0.1) is 23.2 Å². The fraction of sp³-hybridized carbons (Fsp3) is 0.643. The molecule has 20 heavy (non-hydrogen) atoms. The van der Waals surface area contributed by atoms with E-state index in [1.54, 1.807) is 6.07 Å². The van der Waals surface area contributed by atoms with Gasteiger partial charge in [0.15, 0.2) is 0 Å². The van der Waals surface area contributed by atoms with Crippen LogP contribution in [0.4, 0.5) is 0 Å². The predicted molar refractivity (Wildman–Crippen MR) is 77.8 cm³/mol. The average Bonchev–Trinajstić information content (AvgIpc) is 3.02. The van der Waals surface area contributed by atoms with Crippen LogP contribution < -0.4 is 4.72 Å². The maximum atomic E-state index is 12.2. The van der Waals surface area contributed by atoms with Crippen LogP contribution >= 0.6 is 11.3 Å². The monoisotopic (exact) mass is 310 g/mol. The van der Waals surface area contributed by atoms with Crippen molar-refractivity contribution in [1.82, 2.24) is 4.72 Å². The first-order chi connectivity index (χ1) is 9.60. The maximum Gasteiger partial charge on any atom is 0.250 e. The molecule has 1 aromatic heterocycles. The molecular formula is C14H18N2O2S2. The van der Waals surface area contributed by atoms with Gasteiger partial charge < -0.3 is 0 Å². The molecule has 2 atom stereocenters. The number of nitrogens with one attached hydrogen (secondary N) is 1. The maximum absolute atomic E-state index is 12.2. The summed E-state index contributed by atoms with van der Waals surface area (Å²) in [6, 6.07) is 5.16. The van der Waals surface area contributed by atoms with Crippen molar-refractivity contribution in [2.45, 2.75) is 48.8 Å². The molecule has 0 spiro atoms. The molecule has 2 saturated carbocycles. The van der Waals surface area contributed by atoms with Gasteiger partial charge >= 0.3 is 0 Å². The molecule has 4 nitrogen and oxygen atoms in total. The van der Waals surface area contributed by atoms with Crippen LogP contribution in [0.3, 0.4) is 0 Å². The van der Waals surface area contributed by atoms with Gasteiger partial charge in [-0.25, -0.2) is 13.1 Å². The number of rotatable bonds is 4. The lowest BCUT2D eigenvalue weighted by molar-refractivity contribution is 0.316. The fourth-order valence-electron chi connectivity index (χ4n) is 3.22. The van der Waals surface area contributed by atoms with Crippen LogP contribution in [-0.2, 0) is 10.0 Å². The van der Waals surface area contributed by atoms with Crippen molar-refractivity contribution in [3.8, 4) is 6.07 Å². The van der Waals surface area contributed by atoms with Gasteiger partial charge in [0.25, 0.3) is 0 Å². The van der Waals surface area contributed by atoms with Crippen molar-refractivity contribution in [1.29, 1.82) is 5.26 Å². The zero-order chi connectivity index (χ0) is 14.2. The first-order valence-electron chi connectivity index (χ1n) is 7.12. The Morgan fingerprint density at radius 3 is 2.65 bits per heavy atom. The molecule has 0 unspecified atom stereocenters. The third-order valence-corrected chi connectivity index (χ3v) is 7.33. The zero-order valence-electron chi connectivity index (χ0n) is 11.2. The zero-order valence-corrected chi connectivity index (χ0v) is 12.8. The number of sulfonamides is 1. The number of nitrogens with zero attached hydrogens (tertiary/aromatic N) is 1. The molecule has 6 heteroatoms. The second-order valence-electron chi connectivity index (χ2n) is 5.76. The van der Waals surface area contributed by atoms with Gasteiger partial charge in [-0.2, -0.15) is 5.26 Å². The largest absolute Gasteiger partial charge is 0.250 e. The molecule has 3 rings (SSSR count). The lowest BCUT2D eigenvalue weighted by Crippen LogP contribution is -2.28. The standard InChI is InChI=1S/C14H18N2O2S2/c15-9-11-6-7-14(19-11)20(17,18)16-13-8-12(13)10-4-2-1-3-5-10/h6-7,10,12-13,16H,1-5,8H2/t12-,13+/m0/s1. The Morgan fingerprint density at radius 1 is 1.25 bits per heavy atom. The van der Waals surface area contributed by atoms with Crippen molar-refractivity contribution < 1.29 is 8.42 Å². The fourth-order valence-corrected chi connectivity index (χ4v) is 5.64. The Labute approximate surface area is 123 Å². The van der Waals surface area contributed by atoms with E-state index in [1.807, 2.05) is 6.07 Å². The summed E-state index contributed by atoms with van der Waals surface area (Å²) < 4.78 is 27.5. The number of thiophene rings is 1. The minimum absolute atomic E-state index is 0.107. The van der Waals surface area contributed by atoms with E-state index in [1.165, 1.54) is 38.2 Å². The summed E-state index contributed by atoms with van der Waals surface area (Å²) in [5, 5.41) is 8.77. The van der Waals surface area contributed by atoms with E-state index < -0.39 is 10.0 Å². The van der Waals surface area contributed by atoms with E-state index in [2.05, 4.69) is 4.72 Å². The summed E-state index contributed by atoms with van der Waals surface area (Å²) >= 11 is 1.03. The van der Waals surface area contributed by atoms with Gasteiger partial charge in [0.1, 0.15) is 15.2 Å². The lowest BCUT2D eigenvalue weighted by Gasteiger charge is -2.21. The summed E-state index contributed by atoms with van der Waals surface area (Å²) in [6.45, 7) is 0. The van der Waals surface area contributed by atoms with Gasteiger partial charge in [-0.05, 0) is 30.4 Å². The molecule has 1 aromatic rings. The molecular weight excluding hydrogens is 292 g/mol. The van der Waals surface area contributed by atoms with Crippen LogP contribution in [0.2, 0.25) is 0 Å². The third-order valence-electron chi connectivity index (χ3n) is 4.36. The SMILES string of the molecule is N#Cc1ccc(S(=O)(=O)N[C@@H]2C[C@H]2C2CCCCC2)s1. The highest BCUT2D eigenvalue weighted by atomic mass is 32.2. The summed E-state index contributed by atoms with van der Waals surface area (Å²) in [5.41, 5.74) is 0. The highest BCUT2D eigenvalue weighted by molar-refractivity contribution is 7.91. The number of hydrogen-bond donors (Lipinski definition) is 1. The Balaban J connectivity index is 1.62. The van der Waals surface area contributed by atoms with Crippen molar-refractivity contribution in [2.75, 3.05) is 0 Å². The molecule has 0 bridgehead atoms. The molecule has 0 aromatic carbocycles. The number of hydrogen-bond acceptors (Lipinski definition) is 4. The van der Waals surface area contributed by atoms with Gasteiger partial charge in [0.05, 0.1) is 0 Å². The number of nitriles is 1. The highest BCUT2D eigenvalue weighted by Gasteiger charge is 2.45. The molecule has 0 saturated heterocycles. The molecule has 2 aliphatic carbocycles. The molecule has 0 aliphatic heterocycles. The molecule has 0 amide bonds. The molecule has 2 aliphatic rings. The summed E-state index contributed by atoms with van der Waals surface area (Å²) in [6.07, 6.45) is 7.38. The van der Waals surface area contributed by atoms with Gasteiger partial charge in [-0.3, -0.25) is 0 Å². The Morgan fingerprint density at radius 2 is 2.00 bits per heavy atom. The van der Waals surface area contributed by atoms with E-state index in [-0.39, 0.29) is 10.3 Å². The molecule has 2 fully saturated rings. The van der Waals surface area contributed by atoms with Gasteiger partial charge in [0.2, 0.25) is 10.0 Å². The van der Waals surface area contributed by atoms with Crippen LogP contribution in [-0.4, -0.2) is 14.5 Å². The second-order valence-corrected chi connectivity index (χ2v) is 8.78. The Kier molecular flexibility index (Phi) is 3.85. The Hall–Kier alpha value is -0.900. The van der Waals surface area contributed by atoms with Crippen LogP contribution in [0.25, 0.3) is 0 Å². The topological polar surface area (TPSA) is 70.0 Å². The first-order valence-corrected chi connectivity index (χ1v) is 9.42. The van der Waals surface area contributed by atoms with E-state index in [4.69, 9.17) is 5.26 Å². The van der Waals surface area contributed by atoms with Crippen LogP contribution in [0.15, 0.2) is 16.3 Å². The van der Waals surface area contributed by atoms with E-state index in [9.17, 15) is 8.42 Å². The van der Waals surface area contributed by atoms with Gasteiger partial charge in [0, 0.05) is 6.04 Å². The minimum Gasteiger partial charge on any atom is -0.207 e. The summed E-state index contributed by atoms with van der Waals surface area (Å²) in [7, 11) is -3.44. The average molecular weight is 310 g/mol. The quantitative estimate of drug-likeness (QED) is 0.929. The normalized spacial score (nSPS) is 27.1. The summed E-state index contributed by atoms with van der Waals surface area (Å²) in [5.74, 6) is 1.23. The molecule has 1 heterocycles. The van der Waals surface area contributed by atoms with E-state index >= 15 is 0 Å². The highest BCUT2D eigenvalue weighted by Crippen LogP contribution is 2.45. The smallest absolute Gasteiger partial charge is 0.207 e. The van der Waals surface area contributed by atoms with Crippen LogP contribution in [0.1, 0.15) is 43.4 Å². The van der Waals surface area contributed by atoms with Crippen molar-refractivity contribution in [3.05, 3.63) is 17.0 Å². The molecule has 0 radical (unpaired) electrons. The van der Waals surface area contributed by atoms with Crippen molar-refractivity contribution in [2.24, 2.45) is 11.8 Å². The van der Waals surface area contributed by atoms with Gasteiger partial charge in [-0.15, -0.1) is 11.3 Å². The third kappa shape index (κ3) is 2.90. The van der Waals surface area contributed by atoms with Crippen molar-refractivity contribution >= 4 is 21.4 Å². The lowest BCUT2D eigenvalue weighted by atomic mass is 9.86. The van der Waals surface area contributed by atoms with Crippen LogP contribution in [0.5, 0.6) is 0 Å². The molecule has 108 valence electrons. The Bertz CT molecular complexity index is 624. The predicted octanol–water partition coefficient (Wildman–Crippen LogP) is 2.87.